The largest absolute Gasteiger partial charge is 0.294 e. The molecule has 0 fully saturated rings. The van der Waals surface area contributed by atoms with Crippen molar-refractivity contribution in [3.05, 3.63) is 70.8 Å². The minimum absolute atomic E-state index is 0.103. The number of hydrogen-bond donors (Lipinski definition) is 1. The number of benzene rings is 2. The Morgan fingerprint density at radius 2 is 1.52 bits per heavy atom. The summed E-state index contributed by atoms with van der Waals surface area (Å²) in [6.07, 6.45) is 0. The number of ketones is 2. The highest BCUT2D eigenvalue weighted by molar-refractivity contribution is 6.16. The van der Waals surface area contributed by atoms with E-state index in [0.717, 1.165) is 0 Å². The maximum Gasteiger partial charge on any atom is 0.275 e. The molecule has 0 aliphatic carbocycles. The highest BCUT2D eigenvalue weighted by Crippen LogP contribution is 2.24. The van der Waals surface area contributed by atoms with Gasteiger partial charge in [-0.25, -0.2) is 5.48 Å². The molecule has 25 heavy (non-hydrogen) atoms. The molecule has 0 spiro atoms. The standard InChI is InChI=1S/C20H21NO4/c1-20(2,3)18(23)14-10-11-15(19(24)21-25-4)16(12-14)17(22)13-8-6-5-7-9-13/h5-12H,1-4H3,(H,21,24). The molecule has 0 bridgehead atoms. The fourth-order valence-corrected chi connectivity index (χ4v) is 2.40. The van der Waals surface area contributed by atoms with E-state index < -0.39 is 11.3 Å². The van der Waals surface area contributed by atoms with E-state index in [1.165, 1.54) is 19.2 Å². The summed E-state index contributed by atoms with van der Waals surface area (Å²) in [6, 6.07) is 13.1. The van der Waals surface area contributed by atoms with Crippen LogP contribution >= 0.6 is 0 Å². The molecule has 1 N–H and O–H groups in total. The van der Waals surface area contributed by atoms with Gasteiger partial charge in [0.05, 0.1) is 12.7 Å². The van der Waals surface area contributed by atoms with Crippen molar-refractivity contribution in [3.63, 3.8) is 0 Å². The number of amides is 1. The van der Waals surface area contributed by atoms with Gasteiger partial charge in [0, 0.05) is 22.1 Å². The van der Waals surface area contributed by atoms with Gasteiger partial charge in [0.15, 0.2) is 11.6 Å². The minimum atomic E-state index is -0.594. The molecule has 2 aromatic rings. The van der Waals surface area contributed by atoms with Crippen molar-refractivity contribution in [1.82, 2.24) is 5.48 Å². The number of carbonyl (C=O) groups excluding carboxylic acids is 3. The van der Waals surface area contributed by atoms with Gasteiger partial charge in [-0.2, -0.15) is 0 Å². The molecule has 0 atom stereocenters. The maximum atomic E-state index is 12.9. The lowest BCUT2D eigenvalue weighted by atomic mass is 9.84. The molecule has 0 saturated heterocycles. The summed E-state index contributed by atoms with van der Waals surface area (Å²) in [5, 5.41) is 0. The van der Waals surface area contributed by atoms with E-state index in [-0.39, 0.29) is 22.7 Å². The van der Waals surface area contributed by atoms with Crippen LogP contribution in [0.5, 0.6) is 0 Å². The van der Waals surface area contributed by atoms with Crippen molar-refractivity contribution >= 4 is 17.5 Å². The van der Waals surface area contributed by atoms with E-state index >= 15 is 0 Å². The third-order valence-electron chi connectivity index (χ3n) is 3.68. The molecule has 0 radical (unpaired) electrons. The molecule has 0 saturated carbocycles. The van der Waals surface area contributed by atoms with Gasteiger partial charge < -0.3 is 0 Å². The normalized spacial score (nSPS) is 11.0. The van der Waals surface area contributed by atoms with E-state index in [0.29, 0.717) is 11.1 Å². The summed E-state index contributed by atoms with van der Waals surface area (Å²) in [5.74, 6) is -0.977. The molecule has 2 aromatic carbocycles. The Morgan fingerprint density at radius 1 is 0.880 bits per heavy atom. The second-order valence-corrected chi connectivity index (χ2v) is 6.67. The Bertz CT molecular complexity index is 804. The number of carbonyl (C=O) groups is 3. The third-order valence-corrected chi connectivity index (χ3v) is 3.68. The summed E-state index contributed by atoms with van der Waals surface area (Å²) >= 11 is 0. The predicted molar refractivity (Wildman–Crippen MR) is 94.6 cm³/mol. The summed E-state index contributed by atoms with van der Waals surface area (Å²) in [6.45, 7) is 5.42. The number of hydrogen-bond acceptors (Lipinski definition) is 4. The zero-order valence-corrected chi connectivity index (χ0v) is 14.8. The van der Waals surface area contributed by atoms with Crippen LogP contribution in [0.25, 0.3) is 0 Å². The first kappa shape index (κ1) is 18.5. The van der Waals surface area contributed by atoms with Crippen LogP contribution in [0.1, 0.15) is 57.4 Å². The molecule has 0 heterocycles. The summed E-state index contributed by atoms with van der Waals surface area (Å²) in [5.41, 5.74) is 2.76. The van der Waals surface area contributed by atoms with Crippen molar-refractivity contribution in [2.75, 3.05) is 7.11 Å². The molecule has 0 unspecified atom stereocenters. The van der Waals surface area contributed by atoms with Crippen LogP contribution in [-0.4, -0.2) is 24.6 Å². The highest BCUT2D eigenvalue weighted by Gasteiger charge is 2.26. The molecule has 1 amide bonds. The summed E-state index contributed by atoms with van der Waals surface area (Å²) < 4.78 is 0. The Kier molecular flexibility index (Phi) is 5.49. The van der Waals surface area contributed by atoms with Gasteiger partial charge in [-0.05, 0) is 12.1 Å². The van der Waals surface area contributed by atoms with Gasteiger partial charge in [-0.1, -0.05) is 57.2 Å². The van der Waals surface area contributed by atoms with Gasteiger partial charge in [0.25, 0.3) is 5.91 Å². The van der Waals surface area contributed by atoms with Crippen LogP contribution in [0.3, 0.4) is 0 Å². The van der Waals surface area contributed by atoms with Gasteiger partial charge in [-0.3, -0.25) is 19.2 Å². The second-order valence-electron chi connectivity index (χ2n) is 6.67. The summed E-state index contributed by atoms with van der Waals surface area (Å²) in [4.78, 5) is 42.3. The fraction of sp³-hybridized carbons (Fsp3) is 0.250. The van der Waals surface area contributed by atoms with Crippen molar-refractivity contribution in [3.8, 4) is 0 Å². The molecule has 2 rings (SSSR count). The van der Waals surface area contributed by atoms with Gasteiger partial charge >= 0.3 is 0 Å². The Labute approximate surface area is 147 Å². The number of nitrogens with one attached hydrogen (secondary N) is 1. The van der Waals surface area contributed by atoms with Crippen LogP contribution in [-0.2, 0) is 4.84 Å². The van der Waals surface area contributed by atoms with E-state index in [9.17, 15) is 14.4 Å². The van der Waals surface area contributed by atoms with Gasteiger partial charge in [-0.15, -0.1) is 0 Å². The average Bonchev–Trinajstić information content (AvgIpc) is 2.60. The molecule has 5 heteroatoms. The average molecular weight is 339 g/mol. The monoisotopic (exact) mass is 339 g/mol. The fourth-order valence-electron chi connectivity index (χ4n) is 2.40. The molecule has 0 aliphatic heterocycles. The maximum absolute atomic E-state index is 12.9. The Hall–Kier alpha value is -2.79. The molecule has 5 nitrogen and oxygen atoms in total. The Morgan fingerprint density at radius 3 is 2.08 bits per heavy atom. The predicted octanol–water partition coefficient (Wildman–Crippen LogP) is 3.44. The molecule has 130 valence electrons. The number of Topliss-reactive ketones (excluding diaryl/α,β-unsaturated/α-hetero) is 1. The van der Waals surface area contributed by atoms with Crippen molar-refractivity contribution < 1.29 is 19.2 Å². The van der Waals surface area contributed by atoms with Crippen molar-refractivity contribution in [2.24, 2.45) is 5.41 Å². The van der Waals surface area contributed by atoms with Gasteiger partial charge in [0.1, 0.15) is 0 Å². The number of hydroxylamine groups is 1. The molecule has 0 aromatic heterocycles. The Balaban J connectivity index is 2.57. The zero-order chi connectivity index (χ0) is 18.6. The molecular weight excluding hydrogens is 318 g/mol. The quantitative estimate of drug-likeness (QED) is 0.669. The van der Waals surface area contributed by atoms with Crippen molar-refractivity contribution in [2.45, 2.75) is 20.8 Å². The SMILES string of the molecule is CONC(=O)c1ccc(C(=O)C(C)(C)C)cc1C(=O)c1ccccc1. The molecule has 0 aliphatic rings. The summed E-state index contributed by atoms with van der Waals surface area (Å²) in [7, 11) is 1.31. The first-order valence-corrected chi connectivity index (χ1v) is 7.87. The van der Waals surface area contributed by atoms with Crippen LogP contribution in [0.2, 0.25) is 0 Å². The lowest BCUT2D eigenvalue weighted by Gasteiger charge is -2.18. The van der Waals surface area contributed by atoms with E-state index in [1.54, 1.807) is 57.2 Å². The smallest absolute Gasteiger partial charge is 0.275 e. The first-order chi connectivity index (χ1) is 11.8. The minimum Gasteiger partial charge on any atom is -0.294 e. The van der Waals surface area contributed by atoms with E-state index in [2.05, 4.69) is 10.3 Å². The van der Waals surface area contributed by atoms with Crippen LogP contribution in [0, 0.1) is 5.41 Å². The van der Waals surface area contributed by atoms with E-state index in [1.807, 2.05) is 0 Å². The van der Waals surface area contributed by atoms with Crippen molar-refractivity contribution in [1.29, 1.82) is 0 Å². The first-order valence-electron chi connectivity index (χ1n) is 7.87. The van der Waals surface area contributed by atoms with E-state index in [4.69, 9.17) is 0 Å². The second kappa shape index (κ2) is 7.40. The van der Waals surface area contributed by atoms with Crippen LogP contribution in [0.15, 0.2) is 48.5 Å². The molecular formula is C20H21NO4. The highest BCUT2D eigenvalue weighted by atomic mass is 16.6. The lowest BCUT2D eigenvalue weighted by Crippen LogP contribution is -2.25. The van der Waals surface area contributed by atoms with Crippen LogP contribution < -0.4 is 5.48 Å². The van der Waals surface area contributed by atoms with Gasteiger partial charge in [0.2, 0.25) is 0 Å². The third kappa shape index (κ3) is 4.19. The van der Waals surface area contributed by atoms with Crippen LogP contribution in [0.4, 0.5) is 0 Å². The topological polar surface area (TPSA) is 72.5 Å². The lowest BCUT2D eigenvalue weighted by molar-refractivity contribution is 0.0535. The number of rotatable bonds is 5. The zero-order valence-electron chi connectivity index (χ0n) is 14.8.